The Morgan fingerprint density at radius 2 is 2.21 bits per heavy atom. The Hall–Kier alpha value is -1.07. The topological polar surface area (TPSA) is 64.2 Å². The van der Waals surface area contributed by atoms with Gasteiger partial charge in [0.15, 0.2) is 5.69 Å². The average Bonchev–Trinajstić information content (AvgIpc) is 2.68. The minimum atomic E-state index is 0. The number of aryl methyl sites for hydroxylation is 2. The molecule has 1 aromatic heterocycles. The van der Waals surface area contributed by atoms with Crippen molar-refractivity contribution in [1.29, 1.82) is 0 Å². The van der Waals surface area contributed by atoms with E-state index < -0.39 is 0 Å². The highest BCUT2D eigenvalue weighted by Gasteiger charge is 2.30. The Morgan fingerprint density at radius 1 is 1.53 bits per heavy atom. The van der Waals surface area contributed by atoms with Crippen molar-refractivity contribution in [1.82, 2.24) is 14.7 Å². The molecule has 2 heterocycles. The van der Waals surface area contributed by atoms with Gasteiger partial charge in [-0.15, -0.1) is 12.4 Å². The summed E-state index contributed by atoms with van der Waals surface area (Å²) in [6.45, 7) is 4.71. The number of carbonyl (C=O) groups is 1. The van der Waals surface area contributed by atoms with Crippen LogP contribution in [0, 0.1) is 6.92 Å². The summed E-state index contributed by atoms with van der Waals surface area (Å²) in [7, 11) is 1.85. The van der Waals surface area contributed by atoms with Gasteiger partial charge in [-0.3, -0.25) is 9.48 Å². The van der Waals surface area contributed by atoms with Crippen molar-refractivity contribution in [2.75, 3.05) is 6.54 Å². The van der Waals surface area contributed by atoms with Crippen LogP contribution < -0.4 is 5.73 Å². The van der Waals surface area contributed by atoms with Crippen molar-refractivity contribution in [3.05, 3.63) is 17.5 Å². The summed E-state index contributed by atoms with van der Waals surface area (Å²) in [6.07, 6.45) is 3.20. The number of piperidine rings is 1. The Bertz CT molecular complexity index is 424. The van der Waals surface area contributed by atoms with Crippen molar-refractivity contribution in [3.63, 3.8) is 0 Å². The lowest BCUT2D eigenvalue weighted by Crippen LogP contribution is -2.51. The van der Waals surface area contributed by atoms with Crippen LogP contribution in [0.4, 0.5) is 0 Å². The van der Waals surface area contributed by atoms with E-state index in [1.54, 1.807) is 4.68 Å². The largest absolute Gasteiger partial charge is 0.333 e. The molecule has 1 aromatic rings. The summed E-state index contributed by atoms with van der Waals surface area (Å²) in [6, 6.07) is 2.00. The van der Waals surface area contributed by atoms with Gasteiger partial charge in [0.05, 0.1) is 0 Å². The SMILES string of the molecule is Cc1cc(C(=O)N2CCCCC2C(C)N)nn1C.Cl. The second-order valence-corrected chi connectivity index (χ2v) is 5.22. The lowest BCUT2D eigenvalue weighted by molar-refractivity contribution is 0.0577. The van der Waals surface area contributed by atoms with Crippen LogP contribution >= 0.6 is 12.4 Å². The zero-order chi connectivity index (χ0) is 13.3. The van der Waals surface area contributed by atoms with Gasteiger partial charge in [-0.05, 0) is 39.2 Å². The lowest BCUT2D eigenvalue weighted by atomic mass is 9.96. The molecule has 2 atom stereocenters. The van der Waals surface area contributed by atoms with Gasteiger partial charge in [-0.25, -0.2) is 0 Å². The molecule has 0 radical (unpaired) electrons. The normalized spacial score (nSPS) is 20.8. The van der Waals surface area contributed by atoms with Crippen LogP contribution in [-0.2, 0) is 7.05 Å². The van der Waals surface area contributed by atoms with E-state index in [2.05, 4.69) is 5.10 Å². The van der Waals surface area contributed by atoms with Crippen LogP contribution in [0.3, 0.4) is 0 Å². The van der Waals surface area contributed by atoms with Crippen LogP contribution in [0.2, 0.25) is 0 Å². The molecule has 5 nitrogen and oxygen atoms in total. The number of carbonyl (C=O) groups excluding carboxylic acids is 1. The molecular formula is C13H23ClN4O. The van der Waals surface area contributed by atoms with E-state index in [1.807, 2.05) is 31.9 Å². The van der Waals surface area contributed by atoms with Gasteiger partial charge >= 0.3 is 0 Å². The van der Waals surface area contributed by atoms with Crippen molar-refractivity contribution >= 4 is 18.3 Å². The van der Waals surface area contributed by atoms with Gasteiger partial charge in [-0.2, -0.15) is 5.10 Å². The molecule has 2 rings (SSSR count). The molecule has 1 saturated heterocycles. The fraction of sp³-hybridized carbons (Fsp3) is 0.692. The maximum atomic E-state index is 12.5. The van der Waals surface area contributed by atoms with Gasteiger partial charge in [0.2, 0.25) is 0 Å². The molecule has 2 unspecified atom stereocenters. The summed E-state index contributed by atoms with van der Waals surface area (Å²) in [5, 5.41) is 4.26. The molecule has 2 N–H and O–H groups in total. The standard InChI is InChI=1S/C13H22N4O.ClH/c1-9-8-11(15-16(9)3)13(18)17-7-5-4-6-12(17)10(2)14;/h8,10,12H,4-7,14H2,1-3H3;1H. The molecular weight excluding hydrogens is 264 g/mol. The van der Waals surface area contributed by atoms with E-state index in [0.717, 1.165) is 31.5 Å². The van der Waals surface area contributed by atoms with E-state index >= 15 is 0 Å². The number of nitrogens with zero attached hydrogens (tertiary/aromatic N) is 3. The Morgan fingerprint density at radius 3 is 2.74 bits per heavy atom. The van der Waals surface area contributed by atoms with Gasteiger partial charge in [0.1, 0.15) is 0 Å². The first-order chi connectivity index (χ1) is 8.50. The zero-order valence-electron chi connectivity index (χ0n) is 11.8. The third-order valence-electron chi connectivity index (χ3n) is 3.75. The Balaban J connectivity index is 0.00000180. The fourth-order valence-corrected chi connectivity index (χ4v) is 2.57. The summed E-state index contributed by atoms with van der Waals surface area (Å²) in [4.78, 5) is 14.4. The van der Waals surface area contributed by atoms with Crippen molar-refractivity contribution in [2.45, 2.75) is 45.2 Å². The van der Waals surface area contributed by atoms with Crippen LogP contribution in [-0.4, -0.2) is 39.2 Å². The molecule has 1 aliphatic heterocycles. The molecule has 108 valence electrons. The number of likely N-dealkylation sites (tertiary alicyclic amines) is 1. The first-order valence-corrected chi connectivity index (χ1v) is 6.58. The number of halogens is 1. The van der Waals surface area contributed by atoms with E-state index in [-0.39, 0.29) is 30.4 Å². The van der Waals surface area contributed by atoms with Gasteiger partial charge in [-0.1, -0.05) is 0 Å². The maximum absolute atomic E-state index is 12.5. The molecule has 6 heteroatoms. The average molecular weight is 287 g/mol. The van der Waals surface area contributed by atoms with Gasteiger partial charge in [0.25, 0.3) is 5.91 Å². The second-order valence-electron chi connectivity index (χ2n) is 5.22. The Kier molecular flexibility index (Phi) is 5.38. The number of hydrogen-bond acceptors (Lipinski definition) is 3. The van der Waals surface area contributed by atoms with Crippen molar-refractivity contribution < 1.29 is 4.79 Å². The smallest absolute Gasteiger partial charge is 0.274 e. The van der Waals surface area contributed by atoms with Crippen LogP contribution in [0.15, 0.2) is 6.07 Å². The number of rotatable bonds is 2. The first kappa shape index (κ1) is 16.0. The van der Waals surface area contributed by atoms with Crippen molar-refractivity contribution in [3.8, 4) is 0 Å². The Labute approximate surface area is 120 Å². The number of aromatic nitrogens is 2. The molecule has 19 heavy (non-hydrogen) atoms. The van der Waals surface area contributed by atoms with E-state index in [9.17, 15) is 4.79 Å². The molecule has 0 bridgehead atoms. The van der Waals surface area contributed by atoms with Gasteiger partial charge in [0, 0.05) is 31.4 Å². The summed E-state index contributed by atoms with van der Waals surface area (Å²) in [5.74, 6) is 0.0145. The van der Waals surface area contributed by atoms with Crippen LogP contribution in [0.25, 0.3) is 0 Å². The first-order valence-electron chi connectivity index (χ1n) is 6.58. The highest BCUT2D eigenvalue weighted by Crippen LogP contribution is 2.21. The van der Waals surface area contributed by atoms with Crippen LogP contribution in [0.5, 0.6) is 0 Å². The number of nitrogens with two attached hydrogens (primary N) is 1. The molecule has 0 aromatic carbocycles. The minimum absolute atomic E-state index is 0. The highest BCUT2D eigenvalue weighted by molar-refractivity contribution is 5.92. The molecule has 0 spiro atoms. The summed E-state index contributed by atoms with van der Waals surface area (Å²) >= 11 is 0. The quantitative estimate of drug-likeness (QED) is 0.896. The van der Waals surface area contributed by atoms with E-state index in [4.69, 9.17) is 5.73 Å². The molecule has 1 aliphatic rings. The summed E-state index contributed by atoms with van der Waals surface area (Å²) in [5.41, 5.74) is 7.51. The summed E-state index contributed by atoms with van der Waals surface area (Å²) < 4.78 is 1.73. The monoisotopic (exact) mass is 286 g/mol. The number of hydrogen-bond donors (Lipinski definition) is 1. The predicted molar refractivity (Wildman–Crippen MR) is 77.5 cm³/mol. The zero-order valence-corrected chi connectivity index (χ0v) is 12.6. The molecule has 0 aliphatic carbocycles. The minimum Gasteiger partial charge on any atom is -0.333 e. The van der Waals surface area contributed by atoms with Crippen LogP contribution in [0.1, 0.15) is 42.4 Å². The maximum Gasteiger partial charge on any atom is 0.274 e. The second kappa shape index (κ2) is 6.39. The lowest BCUT2D eigenvalue weighted by Gasteiger charge is -2.37. The van der Waals surface area contributed by atoms with E-state index in [0.29, 0.717) is 5.69 Å². The van der Waals surface area contributed by atoms with Crippen molar-refractivity contribution in [2.24, 2.45) is 12.8 Å². The molecule has 1 fully saturated rings. The number of amides is 1. The molecule has 1 amide bonds. The highest BCUT2D eigenvalue weighted by atomic mass is 35.5. The predicted octanol–water partition coefficient (Wildman–Crippen LogP) is 1.49. The third-order valence-corrected chi connectivity index (χ3v) is 3.75. The molecule has 0 saturated carbocycles. The van der Waals surface area contributed by atoms with E-state index in [1.165, 1.54) is 0 Å². The third kappa shape index (κ3) is 3.28. The fourth-order valence-electron chi connectivity index (χ4n) is 2.57. The van der Waals surface area contributed by atoms with Gasteiger partial charge < -0.3 is 10.6 Å².